The molecule has 112 valence electrons. The summed E-state index contributed by atoms with van der Waals surface area (Å²) in [6.45, 7) is 1.40. The molecule has 0 amide bonds. The number of piperazine rings is 1. The van der Waals surface area contributed by atoms with E-state index in [1.54, 1.807) is 12.1 Å². The number of benzene rings is 1. The Morgan fingerprint density at radius 1 is 1.10 bits per heavy atom. The third-order valence-electron chi connectivity index (χ3n) is 3.55. The molecule has 0 bridgehead atoms. The van der Waals surface area contributed by atoms with Gasteiger partial charge in [0.15, 0.2) is 0 Å². The fraction of sp³-hybridized carbons (Fsp3) is 0.538. The maximum absolute atomic E-state index is 12.8. The molecule has 0 radical (unpaired) electrons. The van der Waals surface area contributed by atoms with Gasteiger partial charge in [0.05, 0.1) is 0 Å². The number of alkyl halides is 3. The zero-order valence-corrected chi connectivity index (χ0v) is 11.7. The predicted octanol–water partition coefficient (Wildman–Crippen LogP) is 2.35. The summed E-state index contributed by atoms with van der Waals surface area (Å²) in [6, 6.07) is 5.77. The van der Waals surface area contributed by atoms with E-state index >= 15 is 0 Å². The molecule has 7 heteroatoms. The second-order valence-electron chi connectivity index (χ2n) is 4.79. The predicted molar refractivity (Wildman–Crippen MR) is 74.1 cm³/mol. The van der Waals surface area contributed by atoms with Crippen LogP contribution in [0.5, 0.6) is 0 Å². The Balaban J connectivity index is 1.96. The van der Waals surface area contributed by atoms with Crippen LogP contribution in [0.15, 0.2) is 24.3 Å². The van der Waals surface area contributed by atoms with E-state index in [1.165, 1.54) is 4.90 Å². The average Bonchev–Trinajstić information content (AvgIpc) is 2.40. The smallest absolute Gasteiger partial charge is 0.369 e. The lowest BCUT2D eigenvalue weighted by Crippen LogP contribution is -2.57. The van der Waals surface area contributed by atoms with Crippen molar-refractivity contribution in [1.29, 1.82) is 0 Å². The van der Waals surface area contributed by atoms with Gasteiger partial charge in [-0.05, 0) is 24.3 Å². The van der Waals surface area contributed by atoms with Gasteiger partial charge in [0, 0.05) is 43.4 Å². The van der Waals surface area contributed by atoms with Crippen LogP contribution in [0.25, 0.3) is 0 Å². The summed E-state index contributed by atoms with van der Waals surface area (Å²) in [5, 5.41) is 0.646. The number of rotatable bonds is 3. The molecule has 1 unspecified atom stereocenters. The van der Waals surface area contributed by atoms with Gasteiger partial charge >= 0.3 is 6.18 Å². The second-order valence-corrected chi connectivity index (χ2v) is 5.23. The zero-order valence-electron chi connectivity index (χ0n) is 10.9. The van der Waals surface area contributed by atoms with E-state index in [0.29, 0.717) is 31.2 Å². The lowest BCUT2D eigenvalue weighted by atomic mass is 10.2. The van der Waals surface area contributed by atoms with Crippen LogP contribution in [0.3, 0.4) is 0 Å². The monoisotopic (exact) mass is 307 g/mol. The molecule has 1 heterocycles. The van der Waals surface area contributed by atoms with Crippen molar-refractivity contribution in [3.63, 3.8) is 0 Å². The summed E-state index contributed by atoms with van der Waals surface area (Å²) in [6.07, 6.45) is -4.27. The van der Waals surface area contributed by atoms with E-state index in [0.717, 1.165) is 5.69 Å². The van der Waals surface area contributed by atoms with E-state index < -0.39 is 18.8 Å². The molecule has 2 N–H and O–H groups in total. The van der Waals surface area contributed by atoms with Gasteiger partial charge in [0.1, 0.15) is 6.04 Å². The van der Waals surface area contributed by atoms with Crippen LogP contribution in [0.4, 0.5) is 18.9 Å². The van der Waals surface area contributed by atoms with Crippen molar-refractivity contribution < 1.29 is 13.2 Å². The molecular weight excluding hydrogens is 291 g/mol. The molecule has 1 aliphatic heterocycles. The molecule has 20 heavy (non-hydrogen) atoms. The standard InChI is InChI=1S/C13H17ClF3N3/c14-10-1-3-11(4-2-10)19-5-7-20(8-6-19)12(9-18)13(15,16)17/h1-4,12H,5-9,18H2. The number of nitrogens with zero attached hydrogens (tertiary/aromatic N) is 2. The molecule has 1 fully saturated rings. The summed E-state index contributed by atoms with van der Waals surface area (Å²) in [7, 11) is 0. The summed E-state index contributed by atoms with van der Waals surface area (Å²) in [5.41, 5.74) is 6.24. The maximum Gasteiger partial charge on any atom is 0.405 e. The van der Waals surface area contributed by atoms with E-state index in [1.807, 2.05) is 12.1 Å². The van der Waals surface area contributed by atoms with E-state index in [-0.39, 0.29) is 0 Å². The molecule has 1 atom stereocenters. The Hall–Kier alpha value is -0.980. The summed E-state index contributed by atoms with van der Waals surface area (Å²) in [4.78, 5) is 3.46. The normalized spacial score (nSPS) is 19.1. The molecular formula is C13H17ClF3N3. The third-order valence-corrected chi connectivity index (χ3v) is 3.80. The first-order valence-corrected chi connectivity index (χ1v) is 6.81. The van der Waals surface area contributed by atoms with Gasteiger partial charge in [-0.3, -0.25) is 4.90 Å². The van der Waals surface area contributed by atoms with Crippen molar-refractivity contribution in [2.75, 3.05) is 37.6 Å². The molecule has 1 aromatic rings. The van der Waals surface area contributed by atoms with Gasteiger partial charge in [0.2, 0.25) is 0 Å². The minimum atomic E-state index is -4.27. The van der Waals surface area contributed by atoms with Crippen LogP contribution in [0, 0.1) is 0 Å². The minimum absolute atomic E-state index is 0.351. The lowest BCUT2D eigenvalue weighted by Gasteiger charge is -2.40. The van der Waals surface area contributed by atoms with Crippen LogP contribution in [-0.4, -0.2) is 49.8 Å². The topological polar surface area (TPSA) is 32.5 Å². The van der Waals surface area contributed by atoms with Gasteiger partial charge in [-0.1, -0.05) is 11.6 Å². The van der Waals surface area contributed by atoms with E-state index in [4.69, 9.17) is 17.3 Å². The van der Waals surface area contributed by atoms with Gasteiger partial charge in [0.25, 0.3) is 0 Å². The summed E-state index contributed by atoms with van der Waals surface area (Å²) < 4.78 is 38.5. The Labute approximate surface area is 121 Å². The van der Waals surface area contributed by atoms with Gasteiger partial charge in [-0.15, -0.1) is 0 Å². The SMILES string of the molecule is NCC(N1CCN(c2ccc(Cl)cc2)CC1)C(F)(F)F. The molecule has 1 aliphatic rings. The fourth-order valence-corrected chi connectivity index (χ4v) is 2.56. The third kappa shape index (κ3) is 3.56. The van der Waals surface area contributed by atoms with Crippen LogP contribution in [0.1, 0.15) is 0 Å². The Kier molecular flexibility index (Phi) is 4.78. The minimum Gasteiger partial charge on any atom is -0.369 e. The number of halogens is 4. The highest BCUT2D eigenvalue weighted by Crippen LogP contribution is 2.26. The first kappa shape index (κ1) is 15.4. The molecule has 0 aromatic heterocycles. The number of anilines is 1. The van der Waals surface area contributed by atoms with Crippen molar-refractivity contribution in [3.05, 3.63) is 29.3 Å². The molecule has 3 nitrogen and oxygen atoms in total. The molecule has 0 saturated carbocycles. The second kappa shape index (κ2) is 6.20. The molecule has 2 rings (SSSR count). The summed E-state index contributed by atoms with van der Waals surface area (Å²) in [5.74, 6) is 0. The Bertz CT molecular complexity index is 427. The number of nitrogens with two attached hydrogens (primary N) is 1. The zero-order chi connectivity index (χ0) is 14.8. The van der Waals surface area contributed by atoms with Gasteiger partial charge in [-0.25, -0.2) is 0 Å². The quantitative estimate of drug-likeness (QED) is 0.930. The average molecular weight is 308 g/mol. The van der Waals surface area contributed by atoms with Gasteiger partial charge in [-0.2, -0.15) is 13.2 Å². The maximum atomic E-state index is 12.8. The number of hydrogen-bond donors (Lipinski definition) is 1. The Morgan fingerprint density at radius 2 is 1.65 bits per heavy atom. The number of hydrogen-bond acceptors (Lipinski definition) is 3. The largest absolute Gasteiger partial charge is 0.405 e. The van der Waals surface area contributed by atoms with Gasteiger partial charge < -0.3 is 10.6 Å². The highest BCUT2D eigenvalue weighted by atomic mass is 35.5. The first-order chi connectivity index (χ1) is 9.41. The van der Waals surface area contributed by atoms with E-state index in [9.17, 15) is 13.2 Å². The van der Waals surface area contributed by atoms with Crippen molar-refractivity contribution in [2.45, 2.75) is 12.2 Å². The highest BCUT2D eigenvalue weighted by Gasteiger charge is 2.43. The molecule has 1 aromatic carbocycles. The van der Waals surface area contributed by atoms with Crippen molar-refractivity contribution >= 4 is 17.3 Å². The fourth-order valence-electron chi connectivity index (χ4n) is 2.43. The van der Waals surface area contributed by atoms with Crippen molar-refractivity contribution in [2.24, 2.45) is 5.73 Å². The summed E-state index contributed by atoms with van der Waals surface area (Å²) >= 11 is 5.82. The molecule has 1 saturated heterocycles. The Morgan fingerprint density at radius 3 is 2.10 bits per heavy atom. The van der Waals surface area contributed by atoms with Crippen LogP contribution >= 0.6 is 11.6 Å². The van der Waals surface area contributed by atoms with Crippen molar-refractivity contribution in [3.8, 4) is 0 Å². The van der Waals surface area contributed by atoms with Crippen molar-refractivity contribution in [1.82, 2.24) is 4.90 Å². The lowest BCUT2D eigenvalue weighted by molar-refractivity contribution is -0.181. The highest BCUT2D eigenvalue weighted by molar-refractivity contribution is 6.30. The molecule has 0 spiro atoms. The van der Waals surface area contributed by atoms with Crippen LogP contribution in [-0.2, 0) is 0 Å². The van der Waals surface area contributed by atoms with Crippen LogP contribution < -0.4 is 10.6 Å². The first-order valence-electron chi connectivity index (χ1n) is 6.43. The van der Waals surface area contributed by atoms with E-state index in [2.05, 4.69) is 4.90 Å². The molecule has 0 aliphatic carbocycles. The van der Waals surface area contributed by atoms with Crippen LogP contribution in [0.2, 0.25) is 5.02 Å².